The first kappa shape index (κ1) is 36.9. The van der Waals surface area contributed by atoms with Gasteiger partial charge < -0.3 is 52.8 Å². The molecule has 0 amide bonds. The molecule has 0 spiro atoms. The molecule has 0 bridgehead atoms. The molecule has 8 atom stereocenters. The van der Waals surface area contributed by atoms with E-state index in [9.17, 15) is 10.2 Å². The highest BCUT2D eigenvalue weighted by Crippen LogP contribution is 2.51. The van der Waals surface area contributed by atoms with Crippen LogP contribution in [0.2, 0.25) is 0 Å². The van der Waals surface area contributed by atoms with Crippen LogP contribution in [0.25, 0.3) is 0 Å². The van der Waals surface area contributed by atoms with Crippen molar-refractivity contribution in [2.75, 3.05) is 35.2 Å². The summed E-state index contributed by atoms with van der Waals surface area (Å²) < 4.78 is 52.3. The maximum atomic E-state index is 11.1. The monoisotopic (exact) mass is 716 g/mol. The first-order chi connectivity index (χ1) is 25.1. The summed E-state index contributed by atoms with van der Waals surface area (Å²) in [6.45, 7) is 8.14. The highest BCUT2D eigenvalue weighted by Gasteiger charge is 2.41. The van der Waals surface area contributed by atoms with Crippen LogP contribution in [0.5, 0.6) is 46.0 Å². The first-order valence-electron chi connectivity index (χ1n) is 17.4. The molecule has 0 aliphatic carbocycles. The summed E-state index contributed by atoms with van der Waals surface area (Å²) in [5.74, 6) is 4.80. The first-order valence-corrected chi connectivity index (χ1v) is 17.4. The quantitative estimate of drug-likeness (QED) is 0.135. The molecule has 11 nitrogen and oxygen atoms in total. The van der Waals surface area contributed by atoms with Gasteiger partial charge in [0.15, 0.2) is 46.0 Å². The van der Waals surface area contributed by atoms with Crippen molar-refractivity contribution in [3.8, 4) is 46.0 Å². The van der Waals surface area contributed by atoms with Gasteiger partial charge >= 0.3 is 0 Å². The van der Waals surface area contributed by atoms with Gasteiger partial charge in [0.1, 0.15) is 24.4 Å². The van der Waals surface area contributed by atoms with E-state index >= 15 is 0 Å². The number of benzene rings is 4. The van der Waals surface area contributed by atoms with E-state index in [-0.39, 0.29) is 30.8 Å². The molecule has 2 aliphatic heterocycles. The van der Waals surface area contributed by atoms with E-state index in [1.165, 1.54) is 0 Å². The molecule has 0 unspecified atom stereocenters. The number of aliphatic hydroxyl groups is 2. The molecular formula is C41H48O11. The Morgan fingerprint density at radius 2 is 0.981 bits per heavy atom. The Bertz CT molecular complexity index is 1840. The Labute approximate surface area is 304 Å². The van der Waals surface area contributed by atoms with Crippen LogP contribution in [-0.4, -0.2) is 57.7 Å². The second-order valence-electron chi connectivity index (χ2n) is 13.3. The Morgan fingerprint density at radius 1 is 0.538 bits per heavy atom. The van der Waals surface area contributed by atoms with E-state index in [4.69, 9.17) is 42.6 Å². The second-order valence-corrected chi connectivity index (χ2v) is 13.3. The fraction of sp³-hybridized carbons (Fsp3) is 0.415. The minimum atomic E-state index is -0.930. The van der Waals surface area contributed by atoms with Crippen molar-refractivity contribution >= 4 is 0 Å². The Morgan fingerprint density at radius 3 is 1.50 bits per heavy atom. The summed E-state index contributed by atoms with van der Waals surface area (Å²) in [5.41, 5.74) is 3.22. The highest BCUT2D eigenvalue weighted by molar-refractivity contribution is 5.48. The number of hydrogen-bond acceptors (Lipinski definition) is 11. The zero-order valence-electron chi connectivity index (χ0n) is 30.8. The largest absolute Gasteiger partial charge is 0.493 e. The smallest absolute Gasteiger partial charge is 0.231 e. The Kier molecular flexibility index (Phi) is 11.2. The maximum absolute atomic E-state index is 11.1. The molecule has 2 aliphatic rings. The number of rotatable bonds is 14. The van der Waals surface area contributed by atoms with Gasteiger partial charge in [-0.3, -0.25) is 0 Å². The summed E-state index contributed by atoms with van der Waals surface area (Å²) in [4.78, 5) is 0. The second kappa shape index (κ2) is 15.8. The van der Waals surface area contributed by atoms with Crippen molar-refractivity contribution < 1.29 is 52.8 Å². The zero-order valence-corrected chi connectivity index (χ0v) is 30.8. The van der Waals surface area contributed by atoms with Crippen LogP contribution in [0.15, 0.2) is 72.8 Å². The van der Waals surface area contributed by atoms with Gasteiger partial charge in [0.25, 0.3) is 0 Å². The molecule has 278 valence electrons. The zero-order chi connectivity index (χ0) is 37.1. The summed E-state index contributed by atoms with van der Waals surface area (Å²) >= 11 is 0. The molecule has 2 N–H and O–H groups in total. The van der Waals surface area contributed by atoms with Crippen molar-refractivity contribution in [3.63, 3.8) is 0 Å². The maximum Gasteiger partial charge on any atom is 0.231 e. The molecule has 0 saturated carbocycles. The van der Waals surface area contributed by atoms with Crippen LogP contribution < -0.4 is 37.9 Å². The predicted molar refractivity (Wildman–Crippen MR) is 193 cm³/mol. The minimum Gasteiger partial charge on any atom is -0.493 e. The van der Waals surface area contributed by atoms with Gasteiger partial charge in [0.05, 0.1) is 40.6 Å². The number of methoxy groups -OCH3 is 4. The minimum absolute atomic E-state index is 0.164. The average molecular weight is 717 g/mol. The van der Waals surface area contributed by atoms with E-state index < -0.39 is 24.4 Å². The molecule has 4 aromatic carbocycles. The highest BCUT2D eigenvalue weighted by atomic mass is 16.7. The summed E-state index contributed by atoms with van der Waals surface area (Å²) in [5, 5.41) is 22.2. The topological polar surface area (TPSA) is 124 Å². The lowest BCUT2D eigenvalue weighted by atomic mass is 9.85. The van der Waals surface area contributed by atoms with Gasteiger partial charge in [0, 0.05) is 0 Å². The van der Waals surface area contributed by atoms with E-state index in [0.717, 1.165) is 11.1 Å². The summed E-state index contributed by atoms with van der Waals surface area (Å²) in [6.07, 6.45) is -3.43. The molecule has 11 heteroatoms. The summed E-state index contributed by atoms with van der Waals surface area (Å²) in [7, 11) is 6.31. The fourth-order valence-electron chi connectivity index (χ4n) is 6.84. The van der Waals surface area contributed by atoms with Crippen LogP contribution in [0.1, 0.15) is 74.4 Å². The van der Waals surface area contributed by atoms with E-state index in [0.29, 0.717) is 57.1 Å². The van der Waals surface area contributed by atoms with Crippen molar-refractivity contribution in [3.05, 3.63) is 95.1 Å². The van der Waals surface area contributed by atoms with Crippen LogP contribution >= 0.6 is 0 Å². The molecule has 4 aromatic rings. The van der Waals surface area contributed by atoms with Gasteiger partial charge in [-0.15, -0.1) is 0 Å². The van der Waals surface area contributed by atoms with Crippen LogP contribution in [-0.2, 0) is 4.74 Å². The van der Waals surface area contributed by atoms with E-state index in [1.807, 2.05) is 43.3 Å². The molecule has 1 fully saturated rings. The molecule has 0 aromatic heterocycles. The fourth-order valence-corrected chi connectivity index (χ4v) is 6.84. The number of ether oxygens (including phenoxy) is 9. The van der Waals surface area contributed by atoms with Gasteiger partial charge in [-0.05, 0) is 96.5 Å². The van der Waals surface area contributed by atoms with Crippen molar-refractivity contribution in [1.82, 2.24) is 0 Å². The van der Waals surface area contributed by atoms with Gasteiger partial charge in [-0.25, -0.2) is 0 Å². The van der Waals surface area contributed by atoms with Gasteiger partial charge in [-0.2, -0.15) is 0 Å². The van der Waals surface area contributed by atoms with Gasteiger partial charge in [-0.1, -0.05) is 38.1 Å². The van der Waals surface area contributed by atoms with Crippen molar-refractivity contribution in [1.29, 1.82) is 0 Å². The van der Waals surface area contributed by atoms with Crippen LogP contribution in [0, 0.1) is 11.8 Å². The molecule has 2 heterocycles. The Balaban J connectivity index is 1.14. The SMILES string of the molecule is COc1ccc([C@@H](O)[C@H](C)Oc2ccc([C@H]3O[C@H](c4ccc(O[C@H](C)[C@H](O)c5ccc6c(c5)OCO6)c(OC)c4)[C@H](C)[C@H]3C)cc2OC)cc1OC. The number of aliphatic hydroxyl groups excluding tert-OH is 2. The third-order valence-electron chi connectivity index (χ3n) is 10.1. The molecule has 6 rings (SSSR count). The van der Waals surface area contributed by atoms with E-state index in [2.05, 4.69) is 13.8 Å². The summed E-state index contributed by atoms with van der Waals surface area (Å²) in [6, 6.07) is 22.2. The average Bonchev–Trinajstić information content (AvgIpc) is 3.77. The standard InChI is InChI=1S/C41H48O11/c1-22-23(2)41(29-12-16-33(36(20-29)47-8)51-25(4)39(43)27-10-14-31-37(18-27)49-21-48-31)52-40(22)28-11-15-32(35(19-28)46-7)50-24(3)38(42)26-9-13-30(44-5)34(17-26)45-6/h9-20,22-25,38-43H,21H2,1-8H3/t22-,23-,24+,25-,38+,39+,40+,41+/m1/s1. The van der Waals surface area contributed by atoms with Crippen molar-refractivity contribution in [2.45, 2.75) is 64.3 Å². The molecule has 1 saturated heterocycles. The molecular weight excluding hydrogens is 668 g/mol. The molecule has 52 heavy (non-hydrogen) atoms. The third-order valence-corrected chi connectivity index (χ3v) is 10.1. The Hall–Kier alpha value is -4.84. The van der Waals surface area contributed by atoms with Crippen molar-refractivity contribution in [2.24, 2.45) is 11.8 Å². The third kappa shape index (κ3) is 7.39. The lowest BCUT2D eigenvalue weighted by Crippen LogP contribution is -2.22. The number of fused-ring (bicyclic) bond motifs is 1. The van der Waals surface area contributed by atoms with Crippen LogP contribution in [0.4, 0.5) is 0 Å². The molecule has 0 radical (unpaired) electrons. The lowest BCUT2D eigenvalue weighted by molar-refractivity contribution is 0.0281. The van der Waals surface area contributed by atoms with Crippen LogP contribution in [0.3, 0.4) is 0 Å². The normalized spacial score (nSPS) is 21.5. The number of hydrogen-bond donors (Lipinski definition) is 2. The predicted octanol–water partition coefficient (Wildman–Crippen LogP) is 7.54. The van der Waals surface area contributed by atoms with E-state index in [1.54, 1.807) is 71.8 Å². The van der Waals surface area contributed by atoms with Gasteiger partial charge in [0.2, 0.25) is 6.79 Å². The lowest BCUT2D eigenvalue weighted by Gasteiger charge is -2.24.